The maximum absolute atomic E-state index is 14.2. The number of rotatable bonds is 7. The minimum Gasteiger partial charge on any atom is -0.339 e. The summed E-state index contributed by atoms with van der Waals surface area (Å²) in [6.45, 7) is 5.34. The molecule has 162 valence electrons. The van der Waals surface area contributed by atoms with Crippen LogP contribution in [0.2, 0.25) is 5.02 Å². The molecule has 0 aromatic heterocycles. The molecule has 2 aromatic carbocycles. The van der Waals surface area contributed by atoms with Gasteiger partial charge in [-0.05, 0) is 69.5 Å². The zero-order chi connectivity index (χ0) is 21.9. The maximum Gasteiger partial charge on any atom is 0.253 e. The van der Waals surface area contributed by atoms with E-state index >= 15 is 0 Å². The molecule has 1 saturated heterocycles. The fourth-order valence-corrected chi connectivity index (χ4v) is 5.82. The van der Waals surface area contributed by atoms with Crippen LogP contribution in [-0.4, -0.2) is 49.2 Å². The lowest BCUT2D eigenvalue weighted by molar-refractivity contribution is 0.0773. The summed E-state index contributed by atoms with van der Waals surface area (Å²) in [5.41, 5.74) is 0.792. The first kappa shape index (κ1) is 22.7. The van der Waals surface area contributed by atoms with Crippen molar-refractivity contribution < 1.29 is 17.6 Å². The molecule has 1 atom stereocenters. The zero-order valence-electron chi connectivity index (χ0n) is 17.1. The van der Waals surface area contributed by atoms with Crippen molar-refractivity contribution in [3.63, 3.8) is 0 Å². The lowest BCUT2D eigenvalue weighted by Crippen LogP contribution is -2.37. The molecular formula is C22H26ClFN2O3S. The average molecular weight is 453 g/mol. The molecule has 1 unspecified atom stereocenters. The summed E-state index contributed by atoms with van der Waals surface area (Å²) in [4.78, 5) is 14.3. The Balaban J connectivity index is 1.83. The number of sulfonamides is 1. The SMILES string of the molecule is CCN(CC)C(=O)c1ccc(S(=O)(=O)N2CCCC2Cc2c(F)cccc2Cl)cc1. The zero-order valence-corrected chi connectivity index (χ0v) is 18.7. The Hall–Kier alpha value is -1.96. The molecule has 0 saturated carbocycles. The predicted octanol–water partition coefficient (Wildman–Crippen LogP) is 4.36. The standard InChI is InChI=1S/C22H26ClFN2O3S/c1-3-25(4-2)22(27)16-10-12-18(13-11-16)30(28,29)26-14-6-7-17(26)15-19-20(23)8-5-9-21(19)24/h5,8-13,17H,3-4,6-7,14-15H2,1-2H3. The number of benzene rings is 2. The molecule has 30 heavy (non-hydrogen) atoms. The monoisotopic (exact) mass is 452 g/mol. The summed E-state index contributed by atoms with van der Waals surface area (Å²) >= 11 is 6.14. The summed E-state index contributed by atoms with van der Waals surface area (Å²) in [6, 6.07) is 10.2. The van der Waals surface area contributed by atoms with Crippen molar-refractivity contribution >= 4 is 27.5 Å². The summed E-state index contributed by atoms with van der Waals surface area (Å²) < 4.78 is 42.1. The molecule has 1 amide bonds. The molecule has 1 fully saturated rings. The van der Waals surface area contributed by atoms with Gasteiger partial charge in [0.2, 0.25) is 10.0 Å². The highest BCUT2D eigenvalue weighted by Crippen LogP contribution is 2.31. The highest BCUT2D eigenvalue weighted by atomic mass is 35.5. The van der Waals surface area contributed by atoms with E-state index in [9.17, 15) is 17.6 Å². The van der Waals surface area contributed by atoms with Gasteiger partial charge in [0.05, 0.1) is 4.90 Å². The molecule has 8 heteroatoms. The van der Waals surface area contributed by atoms with Gasteiger partial charge in [0, 0.05) is 41.8 Å². The number of hydrogen-bond acceptors (Lipinski definition) is 3. The van der Waals surface area contributed by atoms with Crippen molar-refractivity contribution in [1.82, 2.24) is 9.21 Å². The predicted molar refractivity (Wildman–Crippen MR) is 116 cm³/mol. The largest absolute Gasteiger partial charge is 0.339 e. The van der Waals surface area contributed by atoms with Gasteiger partial charge in [-0.1, -0.05) is 17.7 Å². The van der Waals surface area contributed by atoms with E-state index in [0.29, 0.717) is 48.6 Å². The third kappa shape index (κ3) is 4.53. The van der Waals surface area contributed by atoms with Crippen LogP contribution in [0.25, 0.3) is 0 Å². The normalized spacial score (nSPS) is 17.3. The lowest BCUT2D eigenvalue weighted by atomic mass is 10.0. The van der Waals surface area contributed by atoms with E-state index in [1.165, 1.54) is 28.6 Å². The van der Waals surface area contributed by atoms with Crippen LogP contribution >= 0.6 is 11.6 Å². The lowest BCUT2D eigenvalue weighted by Gasteiger charge is -2.25. The van der Waals surface area contributed by atoms with Crippen LogP contribution < -0.4 is 0 Å². The van der Waals surface area contributed by atoms with Gasteiger partial charge in [-0.2, -0.15) is 4.31 Å². The minimum absolute atomic E-state index is 0.128. The van der Waals surface area contributed by atoms with Crippen molar-refractivity contribution in [2.24, 2.45) is 0 Å². The molecule has 3 rings (SSSR count). The van der Waals surface area contributed by atoms with Crippen LogP contribution in [-0.2, 0) is 16.4 Å². The number of halogens is 2. The highest BCUT2D eigenvalue weighted by Gasteiger charge is 2.36. The molecule has 0 radical (unpaired) electrons. The first-order chi connectivity index (χ1) is 14.3. The van der Waals surface area contributed by atoms with Gasteiger partial charge in [-0.3, -0.25) is 4.79 Å². The molecular weight excluding hydrogens is 427 g/mol. The second-order valence-corrected chi connectivity index (χ2v) is 9.62. The van der Waals surface area contributed by atoms with E-state index in [0.717, 1.165) is 0 Å². The number of amides is 1. The van der Waals surface area contributed by atoms with Gasteiger partial charge in [-0.25, -0.2) is 12.8 Å². The number of carbonyl (C=O) groups is 1. The number of nitrogens with zero attached hydrogens (tertiary/aromatic N) is 2. The fraction of sp³-hybridized carbons (Fsp3) is 0.409. The summed E-state index contributed by atoms with van der Waals surface area (Å²) in [6.07, 6.45) is 1.57. The smallest absolute Gasteiger partial charge is 0.253 e. The molecule has 0 bridgehead atoms. The van der Waals surface area contributed by atoms with Gasteiger partial charge in [0.15, 0.2) is 0 Å². The van der Waals surface area contributed by atoms with Gasteiger partial charge >= 0.3 is 0 Å². The van der Waals surface area contributed by atoms with Gasteiger partial charge in [0.25, 0.3) is 5.91 Å². The van der Waals surface area contributed by atoms with Crippen LogP contribution in [0.1, 0.15) is 42.6 Å². The van der Waals surface area contributed by atoms with E-state index in [2.05, 4.69) is 0 Å². The summed E-state index contributed by atoms with van der Waals surface area (Å²) in [5.74, 6) is -0.553. The topological polar surface area (TPSA) is 57.7 Å². The van der Waals surface area contributed by atoms with E-state index in [-0.39, 0.29) is 23.3 Å². The van der Waals surface area contributed by atoms with Crippen molar-refractivity contribution in [3.8, 4) is 0 Å². The second kappa shape index (κ2) is 9.45. The third-order valence-electron chi connectivity index (χ3n) is 5.58. The van der Waals surface area contributed by atoms with Crippen LogP contribution in [0.5, 0.6) is 0 Å². The second-order valence-electron chi connectivity index (χ2n) is 7.32. The van der Waals surface area contributed by atoms with Crippen LogP contribution in [0, 0.1) is 5.82 Å². The van der Waals surface area contributed by atoms with E-state index in [1.54, 1.807) is 23.1 Å². The van der Waals surface area contributed by atoms with E-state index < -0.39 is 15.8 Å². The summed E-state index contributed by atoms with van der Waals surface area (Å²) in [7, 11) is -3.76. The van der Waals surface area contributed by atoms with Gasteiger partial charge in [0.1, 0.15) is 5.82 Å². The van der Waals surface area contributed by atoms with Crippen molar-refractivity contribution in [1.29, 1.82) is 0 Å². The average Bonchev–Trinajstić information content (AvgIpc) is 3.21. The Labute approximate surface area is 182 Å². The molecule has 1 aliphatic rings. The molecule has 2 aromatic rings. The minimum atomic E-state index is -3.76. The number of carbonyl (C=O) groups excluding carboxylic acids is 1. The van der Waals surface area contributed by atoms with Crippen LogP contribution in [0.4, 0.5) is 4.39 Å². The van der Waals surface area contributed by atoms with E-state index in [1.807, 2.05) is 13.8 Å². The Morgan fingerprint density at radius 2 is 1.83 bits per heavy atom. The van der Waals surface area contributed by atoms with E-state index in [4.69, 9.17) is 11.6 Å². The Bertz CT molecular complexity index is 987. The van der Waals surface area contributed by atoms with Crippen LogP contribution in [0.3, 0.4) is 0 Å². The third-order valence-corrected chi connectivity index (χ3v) is 7.90. The first-order valence-corrected chi connectivity index (χ1v) is 12.0. The van der Waals surface area contributed by atoms with Crippen molar-refractivity contribution in [3.05, 3.63) is 64.4 Å². The Morgan fingerprint density at radius 1 is 1.17 bits per heavy atom. The Morgan fingerprint density at radius 3 is 2.43 bits per heavy atom. The highest BCUT2D eigenvalue weighted by molar-refractivity contribution is 7.89. The molecule has 0 aliphatic carbocycles. The van der Waals surface area contributed by atoms with Crippen LogP contribution in [0.15, 0.2) is 47.4 Å². The Kier molecular flexibility index (Phi) is 7.16. The maximum atomic E-state index is 14.2. The fourth-order valence-electron chi connectivity index (χ4n) is 3.89. The molecule has 0 spiro atoms. The summed E-state index contributed by atoms with van der Waals surface area (Å²) in [5, 5.41) is 0.304. The quantitative estimate of drug-likeness (QED) is 0.627. The van der Waals surface area contributed by atoms with Crippen molar-refractivity contribution in [2.45, 2.75) is 44.0 Å². The van der Waals surface area contributed by atoms with Crippen molar-refractivity contribution in [2.75, 3.05) is 19.6 Å². The molecule has 1 aliphatic heterocycles. The van der Waals surface area contributed by atoms with Gasteiger partial charge in [-0.15, -0.1) is 0 Å². The number of hydrogen-bond donors (Lipinski definition) is 0. The molecule has 0 N–H and O–H groups in total. The van der Waals surface area contributed by atoms with Gasteiger partial charge < -0.3 is 4.90 Å². The molecule has 5 nitrogen and oxygen atoms in total. The first-order valence-electron chi connectivity index (χ1n) is 10.1. The molecule has 1 heterocycles.